The summed E-state index contributed by atoms with van der Waals surface area (Å²) in [4.78, 5) is 29.5. The number of hydrogen-bond donors (Lipinski definition) is 3. The van der Waals surface area contributed by atoms with Crippen molar-refractivity contribution >= 4 is 17.6 Å². The van der Waals surface area contributed by atoms with E-state index in [1.165, 1.54) is 0 Å². The van der Waals surface area contributed by atoms with Crippen LogP contribution in [-0.4, -0.2) is 38.6 Å². The Morgan fingerprint density at radius 1 is 1.21 bits per heavy atom. The highest BCUT2D eigenvalue weighted by Gasteiger charge is 2.32. The summed E-state index contributed by atoms with van der Waals surface area (Å²) in [6.07, 6.45) is 3.90. The molecule has 9 heteroatoms. The monoisotopic (exact) mass is 468 g/mol. The molecule has 34 heavy (non-hydrogen) atoms. The molecule has 3 aromatic rings. The van der Waals surface area contributed by atoms with E-state index in [1.54, 1.807) is 17.1 Å². The van der Waals surface area contributed by atoms with E-state index in [0.717, 1.165) is 29.3 Å². The second kappa shape index (κ2) is 10.1. The number of nitrogens with zero attached hydrogens (tertiary/aromatic N) is 2. The average molecular weight is 469 g/mol. The number of carbonyl (C=O) groups is 2. The van der Waals surface area contributed by atoms with Gasteiger partial charge in [-0.15, -0.1) is 0 Å². The maximum absolute atomic E-state index is 13.4. The summed E-state index contributed by atoms with van der Waals surface area (Å²) >= 11 is 0. The highest BCUT2D eigenvalue weighted by Crippen LogP contribution is 2.34. The SMILES string of the molecule is CCC[C@H](NC(=O)Cc1cc(F)cc(F)c1)C(=O)Nc1cn([C@H]2c3ccccc3C[C@H]2O)cn1. The highest BCUT2D eigenvalue weighted by molar-refractivity contribution is 5.96. The van der Waals surface area contributed by atoms with Crippen LogP contribution in [0.2, 0.25) is 0 Å². The molecule has 0 spiro atoms. The van der Waals surface area contributed by atoms with Crippen LogP contribution in [0.5, 0.6) is 0 Å². The Hall–Kier alpha value is -3.59. The van der Waals surface area contributed by atoms with Gasteiger partial charge in [0.15, 0.2) is 5.82 Å². The van der Waals surface area contributed by atoms with Crippen LogP contribution in [0.25, 0.3) is 0 Å². The third-order valence-electron chi connectivity index (χ3n) is 5.86. The zero-order chi connectivity index (χ0) is 24.2. The highest BCUT2D eigenvalue weighted by atomic mass is 19.1. The number of amides is 2. The molecule has 7 nitrogen and oxygen atoms in total. The predicted molar refractivity (Wildman–Crippen MR) is 122 cm³/mol. The molecule has 0 unspecified atom stereocenters. The summed E-state index contributed by atoms with van der Waals surface area (Å²) in [7, 11) is 0. The van der Waals surface area contributed by atoms with E-state index in [-0.39, 0.29) is 18.0 Å². The second-order valence-electron chi connectivity index (χ2n) is 8.47. The summed E-state index contributed by atoms with van der Waals surface area (Å²) in [5.74, 6) is -2.20. The number of benzene rings is 2. The van der Waals surface area contributed by atoms with Crippen LogP contribution in [0.3, 0.4) is 0 Å². The Balaban J connectivity index is 1.41. The van der Waals surface area contributed by atoms with Crippen molar-refractivity contribution in [2.45, 2.75) is 50.8 Å². The molecular weight excluding hydrogens is 442 g/mol. The van der Waals surface area contributed by atoms with Crippen molar-refractivity contribution < 1.29 is 23.5 Å². The fraction of sp³-hybridized carbons (Fsp3) is 0.320. The molecule has 3 N–H and O–H groups in total. The zero-order valence-corrected chi connectivity index (χ0v) is 18.7. The van der Waals surface area contributed by atoms with Gasteiger partial charge in [-0.05, 0) is 35.2 Å². The van der Waals surface area contributed by atoms with Crippen LogP contribution in [0.1, 0.15) is 42.5 Å². The van der Waals surface area contributed by atoms with Crippen molar-refractivity contribution in [2.24, 2.45) is 0 Å². The van der Waals surface area contributed by atoms with Gasteiger partial charge in [0.2, 0.25) is 11.8 Å². The number of aliphatic hydroxyl groups excluding tert-OH is 1. The number of rotatable bonds is 8. The quantitative estimate of drug-likeness (QED) is 0.473. The van der Waals surface area contributed by atoms with Crippen molar-refractivity contribution in [1.29, 1.82) is 0 Å². The number of carbonyl (C=O) groups excluding carboxylic acids is 2. The maximum atomic E-state index is 13.4. The lowest BCUT2D eigenvalue weighted by Crippen LogP contribution is -2.44. The maximum Gasteiger partial charge on any atom is 0.248 e. The molecule has 1 aliphatic carbocycles. The van der Waals surface area contributed by atoms with E-state index in [1.807, 2.05) is 31.2 Å². The Kier molecular flexibility index (Phi) is 7.02. The van der Waals surface area contributed by atoms with Gasteiger partial charge in [0.25, 0.3) is 0 Å². The summed E-state index contributed by atoms with van der Waals surface area (Å²) in [5.41, 5.74) is 2.26. The topological polar surface area (TPSA) is 96.2 Å². The van der Waals surface area contributed by atoms with Crippen molar-refractivity contribution in [3.05, 3.63) is 83.3 Å². The van der Waals surface area contributed by atoms with Gasteiger partial charge in [0, 0.05) is 18.7 Å². The lowest BCUT2D eigenvalue weighted by atomic mass is 10.1. The largest absolute Gasteiger partial charge is 0.390 e. The van der Waals surface area contributed by atoms with Gasteiger partial charge in [0.05, 0.1) is 24.9 Å². The number of anilines is 1. The first-order valence-corrected chi connectivity index (χ1v) is 11.2. The molecule has 2 aromatic carbocycles. The molecule has 0 saturated heterocycles. The van der Waals surface area contributed by atoms with E-state index in [2.05, 4.69) is 15.6 Å². The van der Waals surface area contributed by atoms with Gasteiger partial charge in [-0.3, -0.25) is 9.59 Å². The third kappa shape index (κ3) is 5.31. The van der Waals surface area contributed by atoms with E-state index in [4.69, 9.17) is 0 Å². The van der Waals surface area contributed by atoms with Crippen LogP contribution >= 0.6 is 0 Å². The Morgan fingerprint density at radius 3 is 2.68 bits per heavy atom. The van der Waals surface area contributed by atoms with Crippen LogP contribution in [0.15, 0.2) is 55.0 Å². The minimum Gasteiger partial charge on any atom is -0.390 e. The molecular formula is C25H26F2N4O3. The molecule has 1 aromatic heterocycles. The molecule has 4 rings (SSSR count). The molecule has 178 valence electrons. The smallest absolute Gasteiger partial charge is 0.248 e. The molecule has 1 aliphatic rings. The number of aromatic nitrogens is 2. The standard InChI is InChI=1S/C25H26F2N4O3/c1-2-5-20(29-23(33)10-15-8-17(26)12-18(27)9-15)25(34)30-22-13-31(14-28-22)24-19-7-4-3-6-16(19)11-21(24)32/h3-4,6-9,12-14,20-21,24,32H,2,5,10-11H2,1H3,(H,29,33)(H,30,34)/t20-,21+,24-/m0/s1. The molecule has 0 radical (unpaired) electrons. The number of aliphatic hydroxyl groups is 1. The van der Waals surface area contributed by atoms with Gasteiger partial charge < -0.3 is 20.3 Å². The van der Waals surface area contributed by atoms with Gasteiger partial charge in [-0.2, -0.15) is 0 Å². The number of hydrogen-bond acceptors (Lipinski definition) is 4. The molecule has 1 heterocycles. The van der Waals surface area contributed by atoms with E-state index >= 15 is 0 Å². The van der Waals surface area contributed by atoms with Gasteiger partial charge in [-0.1, -0.05) is 37.6 Å². The fourth-order valence-electron chi connectivity index (χ4n) is 4.38. The van der Waals surface area contributed by atoms with Crippen LogP contribution < -0.4 is 10.6 Å². The van der Waals surface area contributed by atoms with Crippen LogP contribution in [-0.2, 0) is 22.4 Å². The minimum atomic E-state index is -0.834. The Bertz CT molecular complexity index is 1180. The second-order valence-corrected chi connectivity index (χ2v) is 8.47. The molecule has 3 atom stereocenters. The number of imidazole rings is 1. The number of fused-ring (bicyclic) bond motifs is 1. The Morgan fingerprint density at radius 2 is 1.94 bits per heavy atom. The van der Waals surface area contributed by atoms with Crippen molar-refractivity contribution in [3.63, 3.8) is 0 Å². The first-order valence-electron chi connectivity index (χ1n) is 11.2. The van der Waals surface area contributed by atoms with E-state index in [0.29, 0.717) is 25.1 Å². The zero-order valence-electron chi connectivity index (χ0n) is 18.7. The lowest BCUT2D eigenvalue weighted by Gasteiger charge is -2.18. The number of halogens is 2. The average Bonchev–Trinajstić information content (AvgIpc) is 3.35. The summed E-state index contributed by atoms with van der Waals surface area (Å²) in [6, 6.07) is 9.56. The molecule has 0 saturated carbocycles. The summed E-state index contributed by atoms with van der Waals surface area (Å²) in [6.45, 7) is 1.88. The van der Waals surface area contributed by atoms with Crippen molar-refractivity contribution in [3.8, 4) is 0 Å². The predicted octanol–water partition coefficient (Wildman–Crippen LogP) is 3.13. The van der Waals surface area contributed by atoms with Gasteiger partial charge in [-0.25, -0.2) is 13.8 Å². The van der Waals surface area contributed by atoms with E-state index < -0.39 is 35.6 Å². The van der Waals surface area contributed by atoms with E-state index in [9.17, 15) is 23.5 Å². The van der Waals surface area contributed by atoms with Gasteiger partial charge >= 0.3 is 0 Å². The molecule has 2 amide bonds. The first kappa shape index (κ1) is 23.6. The third-order valence-corrected chi connectivity index (χ3v) is 5.86. The minimum absolute atomic E-state index is 0.180. The van der Waals surface area contributed by atoms with Crippen LogP contribution in [0.4, 0.5) is 14.6 Å². The fourth-order valence-corrected chi connectivity index (χ4v) is 4.38. The van der Waals surface area contributed by atoms with Gasteiger partial charge in [0.1, 0.15) is 17.7 Å². The lowest BCUT2D eigenvalue weighted by molar-refractivity contribution is -0.126. The van der Waals surface area contributed by atoms with Crippen molar-refractivity contribution in [2.75, 3.05) is 5.32 Å². The number of nitrogens with one attached hydrogen (secondary N) is 2. The molecule has 0 bridgehead atoms. The Labute approximate surface area is 195 Å². The first-order chi connectivity index (χ1) is 16.3. The van der Waals surface area contributed by atoms with Crippen molar-refractivity contribution in [1.82, 2.24) is 14.9 Å². The molecule has 0 fully saturated rings. The summed E-state index contributed by atoms with van der Waals surface area (Å²) < 4.78 is 28.5. The summed E-state index contributed by atoms with van der Waals surface area (Å²) in [5, 5.41) is 15.9. The van der Waals surface area contributed by atoms with Crippen LogP contribution in [0, 0.1) is 11.6 Å². The normalized spacial score (nSPS) is 17.8. The molecule has 0 aliphatic heterocycles.